The topological polar surface area (TPSA) is 53.3 Å². The van der Waals surface area contributed by atoms with E-state index >= 15 is 0 Å². The summed E-state index contributed by atoms with van der Waals surface area (Å²) in [6, 6.07) is 13.5. The molecule has 1 amide bonds. The van der Waals surface area contributed by atoms with Crippen LogP contribution < -0.4 is 4.74 Å². The molecule has 24 heavy (non-hydrogen) atoms. The monoisotopic (exact) mass is 334 g/mol. The van der Waals surface area contributed by atoms with Gasteiger partial charge in [-0.3, -0.25) is 4.79 Å². The summed E-state index contributed by atoms with van der Waals surface area (Å²) in [4.78, 5) is 13.7. The molecule has 0 aromatic heterocycles. The van der Waals surface area contributed by atoms with Gasteiger partial charge in [-0.2, -0.15) is 5.26 Å². The summed E-state index contributed by atoms with van der Waals surface area (Å²) in [5.74, 6) is -0.607. The number of carbonyl (C=O) groups excluding carboxylic acids is 1. The van der Waals surface area contributed by atoms with Crippen molar-refractivity contribution in [3.05, 3.63) is 65.2 Å². The van der Waals surface area contributed by atoms with Gasteiger partial charge in [-0.15, -0.1) is 13.2 Å². The van der Waals surface area contributed by atoms with E-state index in [1.54, 1.807) is 25.2 Å². The van der Waals surface area contributed by atoms with Crippen LogP contribution in [0.1, 0.15) is 21.5 Å². The molecule has 0 aliphatic heterocycles. The zero-order chi connectivity index (χ0) is 17.7. The van der Waals surface area contributed by atoms with Gasteiger partial charge in [0, 0.05) is 19.2 Å². The molecule has 0 aliphatic rings. The van der Waals surface area contributed by atoms with Crippen molar-refractivity contribution < 1.29 is 22.7 Å². The summed E-state index contributed by atoms with van der Waals surface area (Å²) in [5, 5.41) is 8.86. The lowest BCUT2D eigenvalue weighted by molar-refractivity contribution is -0.274. The predicted octanol–water partition coefficient (Wildman–Crippen LogP) is 3.73. The van der Waals surface area contributed by atoms with Crippen molar-refractivity contribution in [3.63, 3.8) is 0 Å². The second-order valence-corrected chi connectivity index (χ2v) is 5.05. The highest BCUT2D eigenvalue weighted by Gasteiger charge is 2.30. The van der Waals surface area contributed by atoms with Gasteiger partial charge in [0.25, 0.3) is 5.91 Å². The lowest BCUT2D eigenvalue weighted by atomic mass is 10.1. The SMILES string of the molecule is CN(Cc1ccc(OC(F)(F)F)cc1)C(=O)c1cccc(C#N)c1. The minimum Gasteiger partial charge on any atom is -0.406 e. The third-order valence-electron chi connectivity index (χ3n) is 3.16. The number of carbonyl (C=O) groups is 1. The molecule has 0 N–H and O–H groups in total. The van der Waals surface area contributed by atoms with Crippen LogP contribution in [-0.2, 0) is 6.54 Å². The van der Waals surface area contributed by atoms with E-state index < -0.39 is 6.36 Å². The Morgan fingerprint density at radius 3 is 2.46 bits per heavy atom. The zero-order valence-corrected chi connectivity index (χ0v) is 12.7. The predicted molar refractivity (Wildman–Crippen MR) is 80.1 cm³/mol. The van der Waals surface area contributed by atoms with E-state index in [9.17, 15) is 18.0 Å². The fourth-order valence-corrected chi connectivity index (χ4v) is 2.08. The molecule has 124 valence electrons. The van der Waals surface area contributed by atoms with Crippen LogP contribution in [0.4, 0.5) is 13.2 Å². The first-order chi connectivity index (χ1) is 11.3. The third-order valence-corrected chi connectivity index (χ3v) is 3.16. The lowest BCUT2D eigenvalue weighted by Crippen LogP contribution is -2.26. The number of benzene rings is 2. The van der Waals surface area contributed by atoms with Gasteiger partial charge in [0.1, 0.15) is 5.75 Å². The second-order valence-electron chi connectivity index (χ2n) is 5.05. The molecule has 0 unspecified atom stereocenters. The molecule has 0 aliphatic carbocycles. The number of nitrogens with zero attached hydrogens (tertiary/aromatic N) is 2. The number of amides is 1. The summed E-state index contributed by atoms with van der Waals surface area (Å²) in [6.07, 6.45) is -4.74. The van der Waals surface area contributed by atoms with Gasteiger partial charge in [-0.25, -0.2) is 0 Å². The van der Waals surface area contributed by atoms with Gasteiger partial charge >= 0.3 is 6.36 Å². The van der Waals surface area contributed by atoms with E-state index in [0.29, 0.717) is 16.7 Å². The quantitative estimate of drug-likeness (QED) is 0.856. The Hall–Kier alpha value is -3.01. The highest BCUT2D eigenvalue weighted by Crippen LogP contribution is 2.23. The Morgan fingerprint density at radius 2 is 1.88 bits per heavy atom. The van der Waals surface area contributed by atoms with Crippen LogP contribution in [0.15, 0.2) is 48.5 Å². The number of halogens is 3. The number of ether oxygens (including phenoxy) is 1. The Balaban J connectivity index is 2.04. The van der Waals surface area contributed by atoms with Crippen LogP contribution >= 0.6 is 0 Å². The van der Waals surface area contributed by atoms with E-state index in [4.69, 9.17) is 5.26 Å². The second kappa shape index (κ2) is 7.04. The summed E-state index contributed by atoms with van der Waals surface area (Å²) >= 11 is 0. The minimum absolute atomic E-state index is 0.210. The molecule has 0 atom stereocenters. The molecule has 0 radical (unpaired) electrons. The molecule has 0 fully saturated rings. The van der Waals surface area contributed by atoms with Gasteiger partial charge < -0.3 is 9.64 Å². The van der Waals surface area contributed by atoms with Crippen molar-refractivity contribution in [3.8, 4) is 11.8 Å². The molecule has 0 bridgehead atoms. The molecule has 0 spiro atoms. The van der Waals surface area contributed by atoms with Gasteiger partial charge in [-0.05, 0) is 35.9 Å². The highest BCUT2D eigenvalue weighted by molar-refractivity contribution is 5.94. The van der Waals surface area contributed by atoms with Crippen molar-refractivity contribution in [2.75, 3.05) is 7.05 Å². The van der Waals surface area contributed by atoms with Crippen molar-refractivity contribution in [2.24, 2.45) is 0 Å². The van der Waals surface area contributed by atoms with Crippen molar-refractivity contribution in [1.82, 2.24) is 4.90 Å². The Kier molecular flexibility index (Phi) is 5.09. The Labute approximate surface area is 136 Å². The van der Waals surface area contributed by atoms with Crippen LogP contribution in [0, 0.1) is 11.3 Å². The van der Waals surface area contributed by atoms with Gasteiger partial charge in [-0.1, -0.05) is 18.2 Å². The maximum absolute atomic E-state index is 12.3. The third kappa shape index (κ3) is 4.74. The van der Waals surface area contributed by atoms with Crippen LogP contribution in [0.25, 0.3) is 0 Å². The maximum Gasteiger partial charge on any atom is 0.573 e. The number of hydrogen-bond acceptors (Lipinski definition) is 3. The van der Waals surface area contributed by atoms with E-state index in [2.05, 4.69) is 4.74 Å². The molecule has 2 aromatic carbocycles. The zero-order valence-electron chi connectivity index (χ0n) is 12.7. The highest BCUT2D eigenvalue weighted by atomic mass is 19.4. The van der Waals surface area contributed by atoms with E-state index in [1.165, 1.54) is 35.2 Å². The first-order valence-electron chi connectivity index (χ1n) is 6.89. The van der Waals surface area contributed by atoms with Gasteiger partial charge in [0.2, 0.25) is 0 Å². The molecular weight excluding hydrogens is 321 g/mol. The molecule has 0 heterocycles. The van der Waals surface area contributed by atoms with Crippen LogP contribution in [0.5, 0.6) is 5.75 Å². The molecule has 2 rings (SSSR count). The number of alkyl halides is 3. The van der Waals surface area contributed by atoms with Crippen LogP contribution in [-0.4, -0.2) is 24.2 Å². The van der Waals surface area contributed by atoms with Crippen LogP contribution in [0.2, 0.25) is 0 Å². The van der Waals surface area contributed by atoms with Gasteiger partial charge in [0.05, 0.1) is 11.6 Å². The average Bonchev–Trinajstić information content (AvgIpc) is 2.54. The van der Waals surface area contributed by atoms with Gasteiger partial charge in [0.15, 0.2) is 0 Å². The number of nitriles is 1. The average molecular weight is 334 g/mol. The van der Waals surface area contributed by atoms with Crippen molar-refractivity contribution in [1.29, 1.82) is 5.26 Å². The first-order valence-corrected chi connectivity index (χ1v) is 6.89. The minimum atomic E-state index is -4.74. The van der Waals surface area contributed by atoms with Crippen LogP contribution in [0.3, 0.4) is 0 Å². The fourth-order valence-electron chi connectivity index (χ4n) is 2.08. The van der Waals surface area contributed by atoms with E-state index in [0.717, 1.165) is 0 Å². The molecule has 4 nitrogen and oxygen atoms in total. The molecule has 2 aromatic rings. The lowest BCUT2D eigenvalue weighted by Gasteiger charge is -2.18. The standard InChI is InChI=1S/C17H13F3N2O2/c1-22(16(23)14-4-2-3-13(9-14)10-21)11-12-5-7-15(8-6-12)24-17(18,19)20/h2-9H,11H2,1H3. The molecular formula is C17H13F3N2O2. The summed E-state index contributed by atoms with van der Waals surface area (Å²) < 4.78 is 40.1. The van der Waals surface area contributed by atoms with Crippen molar-refractivity contribution >= 4 is 5.91 Å². The molecule has 7 heteroatoms. The normalized spacial score (nSPS) is 10.8. The summed E-state index contributed by atoms with van der Waals surface area (Å²) in [5.41, 5.74) is 1.40. The van der Waals surface area contributed by atoms with E-state index in [1.807, 2.05) is 6.07 Å². The van der Waals surface area contributed by atoms with E-state index in [-0.39, 0.29) is 18.2 Å². The largest absolute Gasteiger partial charge is 0.573 e. The fraction of sp³-hybridized carbons (Fsp3) is 0.176. The Bertz CT molecular complexity index is 765. The van der Waals surface area contributed by atoms with Crippen molar-refractivity contribution in [2.45, 2.75) is 12.9 Å². The number of hydrogen-bond donors (Lipinski definition) is 0. The molecule has 0 saturated carbocycles. The first kappa shape index (κ1) is 17.3. The molecule has 0 saturated heterocycles. The maximum atomic E-state index is 12.3. The number of rotatable bonds is 4. The smallest absolute Gasteiger partial charge is 0.406 e. The Morgan fingerprint density at radius 1 is 1.21 bits per heavy atom. The summed E-state index contributed by atoms with van der Waals surface area (Å²) in [6.45, 7) is 0.210. The summed E-state index contributed by atoms with van der Waals surface area (Å²) in [7, 11) is 1.57.